The van der Waals surface area contributed by atoms with Gasteiger partial charge in [-0.15, -0.1) is 0 Å². The van der Waals surface area contributed by atoms with Gasteiger partial charge in [0, 0.05) is 24.8 Å². The Morgan fingerprint density at radius 1 is 1.06 bits per heavy atom. The summed E-state index contributed by atoms with van der Waals surface area (Å²) in [5.74, 6) is 0.911. The van der Waals surface area contributed by atoms with Crippen molar-refractivity contribution in [3.63, 3.8) is 0 Å². The van der Waals surface area contributed by atoms with Crippen LogP contribution in [0.5, 0.6) is 5.75 Å². The number of ether oxygens (including phenoxy) is 1. The second-order valence-electron chi connectivity index (χ2n) is 4.40. The van der Waals surface area contributed by atoms with Crippen molar-refractivity contribution in [1.29, 1.82) is 0 Å². The molecule has 1 heterocycles. The third-order valence-electron chi connectivity index (χ3n) is 3.33. The standard InChI is InChI=1S/C15H15NO/c1-16-10-11-5-3-4-6-13(11)14-9-12(17-2)7-8-15(14)16/h3-9H,10H2,1-2H3. The van der Waals surface area contributed by atoms with E-state index < -0.39 is 0 Å². The van der Waals surface area contributed by atoms with Gasteiger partial charge in [-0.25, -0.2) is 0 Å². The topological polar surface area (TPSA) is 12.5 Å². The van der Waals surface area contributed by atoms with Gasteiger partial charge in [-0.2, -0.15) is 0 Å². The average Bonchev–Trinajstić information content (AvgIpc) is 2.38. The Morgan fingerprint density at radius 3 is 2.71 bits per heavy atom. The fraction of sp³-hybridized carbons (Fsp3) is 0.200. The maximum Gasteiger partial charge on any atom is 0.119 e. The summed E-state index contributed by atoms with van der Waals surface area (Å²) in [5.41, 5.74) is 5.22. The molecule has 0 unspecified atom stereocenters. The van der Waals surface area contributed by atoms with Gasteiger partial charge >= 0.3 is 0 Å². The first-order valence-electron chi connectivity index (χ1n) is 5.77. The number of hydrogen-bond acceptors (Lipinski definition) is 2. The maximum atomic E-state index is 5.31. The molecule has 0 N–H and O–H groups in total. The normalized spacial score (nSPS) is 12.9. The zero-order chi connectivity index (χ0) is 11.8. The predicted molar refractivity (Wildman–Crippen MR) is 70.5 cm³/mol. The highest BCUT2D eigenvalue weighted by atomic mass is 16.5. The smallest absolute Gasteiger partial charge is 0.119 e. The van der Waals surface area contributed by atoms with Crippen molar-refractivity contribution in [2.45, 2.75) is 6.54 Å². The van der Waals surface area contributed by atoms with Gasteiger partial charge in [-0.3, -0.25) is 0 Å². The van der Waals surface area contributed by atoms with E-state index in [4.69, 9.17) is 4.74 Å². The SMILES string of the molecule is COc1ccc2c(c1)-c1ccccc1CN2C. The van der Waals surface area contributed by atoms with Crippen LogP contribution in [0.3, 0.4) is 0 Å². The number of nitrogens with zero attached hydrogens (tertiary/aromatic N) is 1. The molecule has 3 rings (SSSR count). The minimum Gasteiger partial charge on any atom is -0.497 e. The molecular formula is C15H15NO. The zero-order valence-corrected chi connectivity index (χ0v) is 10.1. The largest absolute Gasteiger partial charge is 0.497 e. The fourth-order valence-electron chi connectivity index (χ4n) is 2.45. The van der Waals surface area contributed by atoms with E-state index in [9.17, 15) is 0 Å². The van der Waals surface area contributed by atoms with Crippen molar-refractivity contribution in [2.75, 3.05) is 19.1 Å². The number of methoxy groups -OCH3 is 1. The molecule has 0 bridgehead atoms. The minimum atomic E-state index is 0.911. The van der Waals surface area contributed by atoms with Crippen LogP contribution in [0.2, 0.25) is 0 Å². The number of rotatable bonds is 1. The van der Waals surface area contributed by atoms with Crippen LogP contribution in [-0.2, 0) is 6.54 Å². The molecule has 2 aromatic rings. The summed E-state index contributed by atoms with van der Waals surface area (Å²) in [6, 6.07) is 14.8. The summed E-state index contributed by atoms with van der Waals surface area (Å²) in [4.78, 5) is 2.27. The van der Waals surface area contributed by atoms with Crippen LogP contribution in [-0.4, -0.2) is 14.2 Å². The van der Waals surface area contributed by atoms with E-state index in [1.54, 1.807) is 7.11 Å². The molecule has 1 aliphatic heterocycles. The molecule has 0 atom stereocenters. The van der Waals surface area contributed by atoms with Crippen molar-refractivity contribution in [2.24, 2.45) is 0 Å². The highest BCUT2D eigenvalue weighted by Gasteiger charge is 2.19. The number of anilines is 1. The molecule has 86 valence electrons. The molecule has 0 spiro atoms. The molecule has 2 heteroatoms. The molecule has 0 saturated heterocycles. The van der Waals surface area contributed by atoms with Gasteiger partial charge in [0.25, 0.3) is 0 Å². The van der Waals surface area contributed by atoms with Crippen LogP contribution < -0.4 is 9.64 Å². The second-order valence-corrected chi connectivity index (χ2v) is 4.40. The molecule has 0 saturated carbocycles. The zero-order valence-electron chi connectivity index (χ0n) is 10.1. The Morgan fingerprint density at radius 2 is 1.88 bits per heavy atom. The third-order valence-corrected chi connectivity index (χ3v) is 3.33. The maximum absolute atomic E-state index is 5.31. The Bertz CT molecular complexity index is 563. The van der Waals surface area contributed by atoms with Crippen LogP contribution in [0.4, 0.5) is 5.69 Å². The molecule has 2 aromatic carbocycles. The lowest BCUT2D eigenvalue weighted by Gasteiger charge is -2.29. The van der Waals surface area contributed by atoms with Crippen LogP contribution >= 0.6 is 0 Å². The van der Waals surface area contributed by atoms with Crippen molar-refractivity contribution in [3.8, 4) is 16.9 Å². The van der Waals surface area contributed by atoms with E-state index in [-0.39, 0.29) is 0 Å². The Balaban J connectivity index is 2.25. The summed E-state index contributed by atoms with van der Waals surface area (Å²) in [6.07, 6.45) is 0. The van der Waals surface area contributed by atoms with Gasteiger partial charge in [0.2, 0.25) is 0 Å². The van der Waals surface area contributed by atoms with E-state index in [1.165, 1.54) is 22.4 Å². The van der Waals surface area contributed by atoms with Gasteiger partial charge in [-0.05, 0) is 29.3 Å². The minimum absolute atomic E-state index is 0.911. The molecule has 0 radical (unpaired) electrons. The Labute approximate surface area is 101 Å². The molecule has 0 fully saturated rings. The van der Waals surface area contributed by atoms with E-state index in [1.807, 2.05) is 6.07 Å². The highest BCUT2D eigenvalue weighted by Crippen LogP contribution is 2.39. The van der Waals surface area contributed by atoms with Crippen molar-refractivity contribution >= 4 is 5.69 Å². The first-order chi connectivity index (χ1) is 8.29. The molecule has 17 heavy (non-hydrogen) atoms. The van der Waals surface area contributed by atoms with Gasteiger partial charge in [0.05, 0.1) is 7.11 Å². The van der Waals surface area contributed by atoms with E-state index in [0.29, 0.717) is 0 Å². The van der Waals surface area contributed by atoms with Crippen molar-refractivity contribution in [3.05, 3.63) is 48.0 Å². The molecule has 1 aliphatic rings. The molecule has 0 aromatic heterocycles. The lowest BCUT2D eigenvalue weighted by atomic mass is 9.93. The van der Waals surface area contributed by atoms with Gasteiger partial charge in [0.15, 0.2) is 0 Å². The van der Waals surface area contributed by atoms with Gasteiger partial charge < -0.3 is 9.64 Å². The summed E-state index contributed by atoms with van der Waals surface area (Å²) >= 11 is 0. The Hall–Kier alpha value is -1.96. The summed E-state index contributed by atoms with van der Waals surface area (Å²) in [5, 5.41) is 0. The highest BCUT2D eigenvalue weighted by molar-refractivity contribution is 5.84. The Kier molecular flexibility index (Phi) is 2.29. The van der Waals surface area contributed by atoms with Gasteiger partial charge in [0.1, 0.15) is 5.75 Å². The third kappa shape index (κ3) is 1.57. The first kappa shape index (κ1) is 10.2. The summed E-state index contributed by atoms with van der Waals surface area (Å²) in [6.45, 7) is 0.968. The van der Waals surface area contributed by atoms with Gasteiger partial charge in [-0.1, -0.05) is 24.3 Å². The molecule has 0 aliphatic carbocycles. The molecule has 2 nitrogen and oxygen atoms in total. The number of fused-ring (bicyclic) bond motifs is 3. The van der Waals surface area contributed by atoms with E-state index in [2.05, 4.69) is 48.3 Å². The molecule has 0 amide bonds. The quantitative estimate of drug-likeness (QED) is 0.738. The van der Waals surface area contributed by atoms with E-state index in [0.717, 1.165) is 12.3 Å². The monoisotopic (exact) mass is 225 g/mol. The van der Waals surface area contributed by atoms with Crippen molar-refractivity contribution < 1.29 is 4.74 Å². The van der Waals surface area contributed by atoms with Crippen LogP contribution in [0, 0.1) is 0 Å². The summed E-state index contributed by atoms with van der Waals surface area (Å²) in [7, 11) is 3.83. The number of benzene rings is 2. The summed E-state index contributed by atoms with van der Waals surface area (Å²) < 4.78 is 5.31. The molecular weight excluding hydrogens is 210 g/mol. The van der Waals surface area contributed by atoms with Crippen molar-refractivity contribution in [1.82, 2.24) is 0 Å². The fourth-order valence-corrected chi connectivity index (χ4v) is 2.45. The van der Waals surface area contributed by atoms with Crippen LogP contribution in [0.1, 0.15) is 5.56 Å². The predicted octanol–water partition coefficient (Wildman–Crippen LogP) is 3.31. The van der Waals surface area contributed by atoms with Crippen LogP contribution in [0.15, 0.2) is 42.5 Å². The lowest BCUT2D eigenvalue weighted by molar-refractivity contribution is 0.415. The second kappa shape index (κ2) is 3.81. The first-order valence-corrected chi connectivity index (χ1v) is 5.77. The number of hydrogen-bond donors (Lipinski definition) is 0. The average molecular weight is 225 g/mol. The lowest BCUT2D eigenvalue weighted by Crippen LogP contribution is -2.21. The van der Waals surface area contributed by atoms with Crippen LogP contribution in [0.25, 0.3) is 11.1 Å². The van der Waals surface area contributed by atoms with E-state index >= 15 is 0 Å².